The lowest BCUT2D eigenvalue weighted by Gasteiger charge is -2.41. The first-order valence-corrected chi connectivity index (χ1v) is 29.4. The van der Waals surface area contributed by atoms with Gasteiger partial charge in [-0.05, 0) is 87.4 Å². The molecule has 11 amide bonds. The van der Waals surface area contributed by atoms with E-state index >= 15 is 0 Å². The molecule has 0 saturated carbocycles. The average molecular weight is 1160 g/mol. The molecule has 1 rings (SSSR count). The van der Waals surface area contributed by atoms with Crippen LogP contribution >= 0.6 is 0 Å². The molecule has 23 heteroatoms. The van der Waals surface area contributed by atoms with Crippen molar-refractivity contribution in [2.45, 2.75) is 216 Å². The third kappa shape index (κ3) is 20.2. The maximum Gasteiger partial charge on any atom is 0.246 e. The van der Waals surface area contributed by atoms with Gasteiger partial charge in [-0.2, -0.15) is 0 Å². The van der Waals surface area contributed by atoms with E-state index in [1.165, 1.54) is 87.7 Å². The van der Waals surface area contributed by atoms with Crippen LogP contribution in [0.3, 0.4) is 0 Å². The Morgan fingerprint density at radius 3 is 1.23 bits per heavy atom. The van der Waals surface area contributed by atoms with Gasteiger partial charge in [-0.25, -0.2) is 0 Å². The third-order valence-corrected chi connectivity index (χ3v) is 15.4. The second-order valence-electron chi connectivity index (χ2n) is 25.6. The van der Waals surface area contributed by atoms with E-state index in [-0.39, 0.29) is 55.8 Å². The Balaban J connectivity index is 4.25. The van der Waals surface area contributed by atoms with Crippen LogP contribution in [0.5, 0.6) is 0 Å². The van der Waals surface area contributed by atoms with Gasteiger partial charge in [0.2, 0.25) is 65.0 Å². The fourth-order valence-electron chi connectivity index (χ4n) is 10.2. The molecule has 1 saturated heterocycles. The molecular formula is C59H107N11O12. The number of amides is 11. The van der Waals surface area contributed by atoms with Crippen molar-refractivity contribution < 1.29 is 57.8 Å². The first-order chi connectivity index (χ1) is 37.7. The zero-order chi connectivity index (χ0) is 63.9. The number of rotatable bonds is 13. The third-order valence-electron chi connectivity index (χ3n) is 15.4. The van der Waals surface area contributed by atoms with Crippen molar-refractivity contribution in [3.05, 3.63) is 0 Å². The summed E-state index contributed by atoms with van der Waals surface area (Å²) >= 11 is 0. The first-order valence-electron chi connectivity index (χ1n) is 29.4. The average Bonchev–Trinajstić information content (AvgIpc) is 3.38. The monoisotopic (exact) mass is 1160 g/mol. The lowest BCUT2D eigenvalue weighted by Crippen LogP contribution is -2.63. The van der Waals surface area contributed by atoms with Gasteiger partial charge in [0.15, 0.2) is 0 Å². The summed E-state index contributed by atoms with van der Waals surface area (Å²) in [5, 5.41) is 22.6. The number of hydrogen-bond acceptors (Lipinski definition) is 12. The Hall–Kier alpha value is -5.87. The van der Waals surface area contributed by atoms with Crippen LogP contribution in [0.1, 0.15) is 150 Å². The van der Waals surface area contributed by atoms with Crippen LogP contribution in [0.2, 0.25) is 0 Å². The molecule has 0 spiro atoms. The Morgan fingerprint density at radius 2 is 0.805 bits per heavy atom. The fraction of sp³-hybridized carbons (Fsp3) is 0.814. The van der Waals surface area contributed by atoms with Crippen molar-refractivity contribution in [3.63, 3.8) is 0 Å². The van der Waals surface area contributed by atoms with Gasteiger partial charge in [0, 0.05) is 49.3 Å². The predicted molar refractivity (Wildman–Crippen MR) is 315 cm³/mol. The van der Waals surface area contributed by atoms with E-state index in [0.29, 0.717) is 0 Å². The number of likely N-dealkylation sites (N-methyl/N-ethyl adjacent to an activating group) is 7. The van der Waals surface area contributed by atoms with Gasteiger partial charge in [0.05, 0.1) is 12.6 Å². The SMILES string of the molecule is CC[C@@H]1NC(=O)[C@H]([C@H](O)C(C)C)N(C)C(=O)[C@H](C(C)C)N(C)C(=O)[C@H](CC(C)C)N(C)C(=O)[C@H](CC(C)C)N(C)C(=O)[C@@H](C)NC(=O)[C@H](C)NC(=O)[C@H](CC(C)C)N(C)C(=O)[C@H](C(C)C)NC(=O)[C@H](CC(C)C)N(C)C(=O)CN(C)C1=O. The molecule has 11 atom stereocenters. The molecule has 23 nitrogen and oxygen atoms in total. The molecule has 0 radical (unpaired) electrons. The van der Waals surface area contributed by atoms with Crippen LogP contribution < -0.4 is 21.3 Å². The number of carbonyl (C=O) groups excluding carboxylic acids is 11. The van der Waals surface area contributed by atoms with Gasteiger partial charge in [0.25, 0.3) is 0 Å². The van der Waals surface area contributed by atoms with E-state index in [0.717, 1.165) is 9.80 Å². The molecule has 0 unspecified atom stereocenters. The summed E-state index contributed by atoms with van der Waals surface area (Å²) in [5.74, 6) is -9.64. The quantitative estimate of drug-likeness (QED) is 0.178. The van der Waals surface area contributed by atoms with Crippen molar-refractivity contribution in [2.75, 3.05) is 55.9 Å². The molecule has 5 N–H and O–H groups in total. The molecular weight excluding hydrogens is 1050 g/mol. The summed E-state index contributed by atoms with van der Waals surface area (Å²) in [7, 11) is 9.88. The van der Waals surface area contributed by atoms with E-state index in [2.05, 4.69) is 21.3 Å². The van der Waals surface area contributed by atoms with Gasteiger partial charge in [-0.3, -0.25) is 52.7 Å². The zero-order valence-electron chi connectivity index (χ0n) is 54.2. The van der Waals surface area contributed by atoms with Gasteiger partial charge in [-0.1, -0.05) is 104 Å². The Morgan fingerprint density at radius 1 is 0.415 bits per heavy atom. The summed E-state index contributed by atoms with van der Waals surface area (Å²) in [6, 6.07) is -12.2. The number of nitrogens with zero attached hydrogens (tertiary/aromatic N) is 7. The standard InChI is InChI=1S/C59H107N11O12/c1-25-40-55(78)64(18)30-45(71)65(19)41(26-31(2)3)52(75)63-46(35(10)11)58(81)66(20)42(27-32(4)5)51(74)60-38(16)50(73)61-39(17)54(77)67(21)43(28-33(6)7)56(79)68(22)44(29-34(8)9)57(80)69(23)47(36(12)13)59(82)70(24)48(53(76)62-40)49(72)37(14)15/h31-44,46-49,72H,25-30H2,1-24H3,(H,60,74)(H,61,73)(H,62,76)(H,63,75)/t38-,39+,40-,41-,42-,43-,44-,46-,47-,48-,49+/m0/s1. The maximum absolute atomic E-state index is 15.0. The largest absolute Gasteiger partial charge is 0.390 e. The molecule has 1 fully saturated rings. The van der Waals surface area contributed by atoms with Crippen LogP contribution in [0.25, 0.3) is 0 Å². The molecule has 1 aliphatic heterocycles. The highest BCUT2D eigenvalue weighted by Crippen LogP contribution is 2.25. The topological polar surface area (TPSA) is 279 Å². The van der Waals surface area contributed by atoms with Crippen molar-refractivity contribution in [1.82, 2.24) is 55.6 Å². The highest BCUT2D eigenvalue weighted by molar-refractivity contribution is 5.99. The van der Waals surface area contributed by atoms with Crippen LogP contribution in [0.15, 0.2) is 0 Å². The number of nitrogens with one attached hydrogen (secondary N) is 4. The van der Waals surface area contributed by atoms with Gasteiger partial charge >= 0.3 is 0 Å². The molecule has 1 aliphatic rings. The molecule has 0 bridgehead atoms. The van der Waals surface area contributed by atoms with E-state index in [4.69, 9.17) is 0 Å². The van der Waals surface area contributed by atoms with Crippen molar-refractivity contribution in [2.24, 2.45) is 41.4 Å². The van der Waals surface area contributed by atoms with Crippen molar-refractivity contribution in [3.8, 4) is 0 Å². The molecule has 1 heterocycles. The zero-order valence-corrected chi connectivity index (χ0v) is 54.2. The van der Waals surface area contributed by atoms with Crippen LogP contribution in [-0.4, -0.2) is 227 Å². The van der Waals surface area contributed by atoms with E-state index in [9.17, 15) is 57.8 Å². The highest BCUT2D eigenvalue weighted by Gasteiger charge is 2.45. The number of hydrogen-bond donors (Lipinski definition) is 5. The number of carbonyl (C=O) groups is 11. The van der Waals surface area contributed by atoms with Crippen molar-refractivity contribution >= 4 is 65.0 Å². The number of aliphatic hydroxyl groups is 1. The first kappa shape index (κ1) is 74.1. The minimum absolute atomic E-state index is 0.0304. The Bertz CT molecular complexity index is 2220. The van der Waals surface area contributed by atoms with E-state index < -0.39 is 156 Å². The summed E-state index contributed by atoms with van der Waals surface area (Å²) in [6.45, 7) is 29.1. The minimum atomic E-state index is -1.58. The van der Waals surface area contributed by atoms with E-state index in [1.54, 1.807) is 48.5 Å². The number of aliphatic hydroxyl groups excluding tert-OH is 1. The van der Waals surface area contributed by atoms with Crippen LogP contribution in [0, 0.1) is 41.4 Å². The maximum atomic E-state index is 15.0. The minimum Gasteiger partial charge on any atom is -0.390 e. The summed E-state index contributed by atoms with van der Waals surface area (Å²) in [5.41, 5.74) is 0. The molecule has 0 aromatic heterocycles. The summed E-state index contributed by atoms with van der Waals surface area (Å²) in [6.07, 6.45) is -0.807. The lowest BCUT2D eigenvalue weighted by molar-refractivity contribution is -0.157. The van der Waals surface area contributed by atoms with Crippen LogP contribution in [0.4, 0.5) is 0 Å². The second kappa shape index (κ2) is 32.8. The summed E-state index contributed by atoms with van der Waals surface area (Å²) in [4.78, 5) is 167. The normalized spacial score (nSPS) is 27.0. The van der Waals surface area contributed by atoms with E-state index in [1.807, 2.05) is 55.4 Å². The lowest BCUT2D eigenvalue weighted by atomic mass is 9.93. The van der Waals surface area contributed by atoms with Crippen molar-refractivity contribution in [1.29, 1.82) is 0 Å². The van der Waals surface area contributed by atoms with Crippen LogP contribution in [-0.2, 0) is 52.7 Å². The molecule has 0 aromatic carbocycles. The summed E-state index contributed by atoms with van der Waals surface area (Å²) < 4.78 is 0. The molecule has 82 heavy (non-hydrogen) atoms. The Kier molecular flexibility index (Phi) is 29.7. The van der Waals surface area contributed by atoms with Gasteiger partial charge in [0.1, 0.15) is 60.4 Å². The highest BCUT2D eigenvalue weighted by atomic mass is 16.3. The molecule has 0 aromatic rings. The molecule has 470 valence electrons. The Labute approximate surface area is 490 Å². The van der Waals surface area contributed by atoms with Gasteiger partial charge in [-0.15, -0.1) is 0 Å². The second-order valence-corrected chi connectivity index (χ2v) is 25.6. The smallest absolute Gasteiger partial charge is 0.246 e. The van der Waals surface area contributed by atoms with Gasteiger partial charge < -0.3 is 60.7 Å². The predicted octanol–water partition coefficient (Wildman–Crippen LogP) is 2.32. The fourth-order valence-corrected chi connectivity index (χ4v) is 10.2. The molecule has 0 aliphatic carbocycles.